The molecule has 0 bridgehead atoms. The molecule has 0 aliphatic heterocycles. The number of carboxylic acid groups (broad SMARTS) is 4. The number of carbonyl (C=O) groups excluding carboxylic acids is 2. The molecule has 0 aromatic heterocycles. The molecule has 0 aliphatic carbocycles. The highest BCUT2D eigenvalue weighted by Gasteiger charge is 2.22. The number of fused-ring (bicyclic) bond motifs is 1. The van der Waals surface area contributed by atoms with Crippen LogP contribution in [-0.2, 0) is 27.2 Å². The number of aromatic hydroxyl groups is 3. The first-order valence-corrected chi connectivity index (χ1v) is 18.9. The number of carbonyl (C=O) groups is 6. The Bertz CT molecular complexity index is 2610. The molecule has 0 fully saturated rings. The molecule has 0 spiro atoms. The van der Waals surface area contributed by atoms with Gasteiger partial charge in [0.25, 0.3) is 5.91 Å². The molecule has 6 rings (SSSR count). The van der Waals surface area contributed by atoms with Crippen molar-refractivity contribution in [3.63, 3.8) is 0 Å². The summed E-state index contributed by atoms with van der Waals surface area (Å²) >= 11 is 0. The van der Waals surface area contributed by atoms with Crippen molar-refractivity contribution in [3.05, 3.63) is 173 Å². The average Bonchev–Trinajstić information content (AvgIpc) is 3.26. The average molecular weight is 876 g/mol. The van der Waals surface area contributed by atoms with Crippen LogP contribution in [0.2, 0.25) is 0 Å². The maximum atomic E-state index is 12.1. The molecular weight excluding hydrogens is 831 g/mol. The van der Waals surface area contributed by atoms with Crippen molar-refractivity contribution in [1.29, 1.82) is 0 Å². The molecule has 6 aromatic carbocycles. The van der Waals surface area contributed by atoms with Crippen molar-refractivity contribution in [3.8, 4) is 28.7 Å². The number of aliphatic carboxylic acids is 3. The SMILES string of the molecule is COc1cc(CC(NC(=O)c2ccccc2)C(=O)O)ccc1O.COc1cccc(CC(=O)O)c1.Cc1ccc(C(=O)C=CC(=O)O)cc1.O=C(O)c1cc2cc(O)ccc2cc1O. The first-order chi connectivity index (χ1) is 30.4. The standard InChI is InChI=1S/C17H17NO5.C11H8O4.C11H10O3.C9H10O3/c1-23-15-10-11(7-8-14(15)19)9-13(17(21)22)18-16(20)12-5-3-2-4-6-12;12-8-2-1-6-5-10(13)9(11(14)15)4-7(6)3-8;1-8-2-4-9(5-3-8)10(12)6-7-11(13)14;1-12-8-4-2-3-7(5-8)6-9(10)11/h2-8,10,13,19H,9H2,1H3,(H,18,20)(H,21,22);1-5,12-13H,(H,14,15);2-7H,1H3,(H,13,14);2-5H,6H2,1H3,(H,10,11). The van der Waals surface area contributed by atoms with Gasteiger partial charge in [-0.1, -0.05) is 72.3 Å². The smallest absolute Gasteiger partial charge is 0.339 e. The van der Waals surface area contributed by atoms with Gasteiger partial charge in [-0.15, -0.1) is 0 Å². The Kier molecular flexibility index (Phi) is 19.1. The Morgan fingerprint density at radius 1 is 0.625 bits per heavy atom. The van der Waals surface area contributed by atoms with Crippen LogP contribution in [0, 0.1) is 6.92 Å². The summed E-state index contributed by atoms with van der Waals surface area (Å²) in [6, 6.07) is 33.1. The Labute approximate surface area is 366 Å². The van der Waals surface area contributed by atoms with E-state index in [1.165, 1.54) is 37.4 Å². The highest BCUT2D eigenvalue weighted by molar-refractivity contribution is 6.06. The molecule has 8 N–H and O–H groups in total. The lowest BCUT2D eigenvalue weighted by Gasteiger charge is -2.15. The minimum Gasteiger partial charge on any atom is -0.508 e. The lowest BCUT2D eigenvalue weighted by Crippen LogP contribution is -2.42. The minimum atomic E-state index is -1.20. The van der Waals surface area contributed by atoms with Crippen molar-refractivity contribution < 1.29 is 74.0 Å². The number of phenols is 3. The highest BCUT2D eigenvalue weighted by Crippen LogP contribution is 2.28. The van der Waals surface area contributed by atoms with E-state index in [-0.39, 0.29) is 47.2 Å². The quantitative estimate of drug-likeness (QED) is 0.0432. The largest absolute Gasteiger partial charge is 0.508 e. The number of ketones is 1. The second-order valence-corrected chi connectivity index (χ2v) is 13.5. The zero-order valence-electron chi connectivity index (χ0n) is 34.7. The van der Waals surface area contributed by atoms with Crippen LogP contribution >= 0.6 is 0 Å². The minimum absolute atomic E-state index is 0.0311. The van der Waals surface area contributed by atoms with E-state index in [1.807, 2.05) is 19.1 Å². The number of nitrogens with one attached hydrogen (secondary N) is 1. The molecule has 0 heterocycles. The van der Waals surface area contributed by atoms with Crippen molar-refractivity contribution in [2.45, 2.75) is 25.8 Å². The van der Waals surface area contributed by atoms with E-state index >= 15 is 0 Å². The van der Waals surface area contributed by atoms with Crippen LogP contribution in [0.3, 0.4) is 0 Å². The van der Waals surface area contributed by atoms with E-state index in [4.69, 9.17) is 24.8 Å². The molecule has 1 unspecified atom stereocenters. The van der Waals surface area contributed by atoms with Gasteiger partial charge in [-0.25, -0.2) is 14.4 Å². The van der Waals surface area contributed by atoms with E-state index < -0.39 is 35.8 Å². The van der Waals surface area contributed by atoms with E-state index in [1.54, 1.807) is 92.0 Å². The fraction of sp³-hybridized carbons (Fsp3) is 0.125. The number of amides is 1. The molecule has 1 atom stereocenters. The van der Waals surface area contributed by atoms with Gasteiger partial charge in [0.1, 0.15) is 28.9 Å². The van der Waals surface area contributed by atoms with E-state index in [2.05, 4.69) is 5.32 Å². The first kappa shape index (κ1) is 49.7. The third-order valence-corrected chi connectivity index (χ3v) is 8.70. The molecule has 16 heteroatoms. The summed E-state index contributed by atoms with van der Waals surface area (Å²) in [4.78, 5) is 66.0. The number of methoxy groups -OCH3 is 2. The van der Waals surface area contributed by atoms with Gasteiger partial charge in [-0.2, -0.15) is 0 Å². The maximum absolute atomic E-state index is 12.1. The number of allylic oxidation sites excluding steroid dienone is 1. The molecule has 0 radical (unpaired) electrons. The van der Waals surface area contributed by atoms with Gasteiger partial charge < -0.3 is 50.5 Å². The summed E-state index contributed by atoms with van der Waals surface area (Å²) in [6.07, 6.45) is 2.00. The number of rotatable bonds is 13. The molecule has 332 valence electrons. The van der Waals surface area contributed by atoms with Gasteiger partial charge in [0.2, 0.25) is 0 Å². The summed E-state index contributed by atoms with van der Waals surface area (Å²) in [7, 11) is 2.96. The Balaban J connectivity index is 0.000000235. The monoisotopic (exact) mass is 875 g/mol. The molecule has 16 nitrogen and oxygen atoms in total. The van der Waals surface area contributed by atoms with Crippen molar-refractivity contribution in [2.75, 3.05) is 14.2 Å². The first-order valence-electron chi connectivity index (χ1n) is 18.9. The van der Waals surface area contributed by atoms with E-state index in [0.717, 1.165) is 23.3 Å². The molecule has 64 heavy (non-hydrogen) atoms. The lowest BCUT2D eigenvalue weighted by molar-refractivity contribution is -0.139. The van der Waals surface area contributed by atoms with Crippen LogP contribution in [-0.4, -0.2) is 91.6 Å². The third-order valence-electron chi connectivity index (χ3n) is 8.70. The predicted molar refractivity (Wildman–Crippen MR) is 235 cm³/mol. The Hall–Kier alpha value is -8.66. The van der Waals surface area contributed by atoms with Crippen LogP contribution in [0.4, 0.5) is 0 Å². The Morgan fingerprint density at radius 2 is 1.31 bits per heavy atom. The summed E-state index contributed by atoms with van der Waals surface area (Å²) < 4.78 is 9.94. The number of carboxylic acids is 4. The molecule has 0 saturated carbocycles. The number of hydrogen-bond acceptors (Lipinski definition) is 11. The van der Waals surface area contributed by atoms with Gasteiger partial charge in [-0.05, 0) is 95.6 Å². The third kappa shape index (κ3) is 16.4. The van der Waals surface area contributed by atoms with Crippen LogP contribution in [0.1, 0.15) is 47.8 Å². The van der Waals surface area contributed by atoms with Crippen molar-refractivity contribution >= 4 is 46.3 Å². The predicted octanol–water partition coefficient (Wildman–Crippen LogP) is 6.92. The normalized spacial score (nSPS) is 10.6. The van der Waals surface area contributed by atoms with Gasteiger partial charge in [-0.3, -0.25) is 14.4 Å². The second-order valence-electron chi connectivity index (χ2n) is 13.5. The number of hydrogen-bond donors (Lipinski definition) is 8. The van der Waals surface area contributed by atoms with Crippen LogP contribution in [0.25, 0.3) is 10.8 Å². The van der Waals surface area contributed by atoms with Crippen LogP contribution < -0.4 is 14.8 Å². The Morgan fingerprint density at radius 3 is 1.91 bits per heavy atom. The number of phenolic OH excluding ortho intramolecular Hbond substituents is 2. The van der Waals surface area contributed by atoms with Gasteiger partial charge in [0.15, 0.2) is 17.3 Å². The molecular formula is C48H45NO15. The summed E-state index contributed by atoms with van der Waals surface area (Å²) in [5.74, 6) is -4.35. The van der Waals surface area contributed by atoms with Crippen molar-refractivity contribution in [2.24, 2.45) is 0 Å². The molecule has 0 saturated heterocycles. The zero-order chi connectivity index (χ0) is 47.3. The number of aromatic carboxylic acids is 1. The summed E-state index contributed by atoms with van der Waals surface area (Å²) in [6.45, 7) is 1.92. The molecule has 6 aromatic rings. The summed E-state index contributed by atoms with van der Waals surface area (Å²) in [5, 5.41) is 66.8. The molecule has 1 amide bonds. The van der Waals surface area contributed by atoms with Gasteiger partial charge >= 0.3 is 23.9 Å². The van der Waals surface area contributed by atoms with Crippen LogP contribution in [0.5, 0.6) is 28.7 Å². The van der Waals surface area contributed by atoms with E-state index in [9.17, 15) is 49.2 Å². The lowest BCUT2D eigenvalue weighted by atomic mass is 10.0. The number of ether oxygens (including phenoxy) is 2. The van der Waals surface area contributed by atoms with Crippen LogP contribution in [0.15, 0.2) is 140 Å². The maximum Gasteiger partial charge on any atom is 0.339 e. The van der Waals surface area contributed by atoms with Gasteiger partial charge in [0.05, 0.1) is 20.6 Å². The highest BCUT2D eigenvalue weighted by atomic mass is 16.5. The van der Waals surface area contributed by atoms with E-state index in [0.29, 0.717) is 33.2 Å². The molecule has 0 aliphatic rings. The van der Waals surface area contributed by atoms with Gasteiger partial charge in [0, 0.05) is 23.6 Å². The van der Waals surface area contributed by atoms with Crippen molar-refractivity contribution in [1.82, 2.24) is 5.32 Å². The zero-order valence-corrected chi connectivity index (χ0v) is 34.7. The number of aryl methyl sites for hydroxylation is 1. The topological polar surface area (TPSA) is 275 Å². The fourth-order valence-corrected chi connectivity index (χ4v) is 5.48. The fourth-order valence-electron chi connectivity index (χ4n) is 5.48. The number of benzene rings is 6. The second kappa shape index (κ2) is 24.6. The summed E-state index contributed by atoms with van der Waals surface area (Å²) in [5.41, 5.74) is 3.15.